The van der Waals surface area contributed by atoms with E-state index in [1.165, 1.54) is 11.3 Å². The minimum Gasteiger partial charge on any atom is -0.339 e. The maximum absolute atomic E-state index is 12.3. The fourth-order valence-corrected chi connectivity index (χ4v) is 3.10. The van der Waals surface area contributed by atoms with Crippen LogP contribution in [0.5, 0.6) is 0 Å². The Morgan fingerprint density at radius 2 is 1.85 bits per heavy atom. The topological polar surface area (TPSA) is 66.6 Å². The van der Waals surface area contributed by atoms with Gasteiger partial charge < -0.3 is 15.5 Å². The Balaban J connectivity index is 1.88. The SMILES string of the molecule is Cc1ccc(C(=O)N2CCN(C(=O)CC(C)N)CC2)s1. The number of piperazine rings is 1. The molecule has 20 heavy (non-hydrogen) atoms. The van der Waals surface area contributed by atoms with Crippen LogP contribution in [0.25, 0.3) is 0 Å². The Labute approximate surface area is 123 Å². The Bertz CT molecular complexity index is 490. The first kappa shape index (κ1) is 15.0. The quantitative estimate of drug-likeness (QED) is 0.907. The van der Waals surface area contributed by atoms with Gasteiger partial charge in [-0.15, -0.1) is 11.3 Å². The number of carbonyl (C=O) groups is 2. The van der Waals surface area contributed by atoms with E-state index in [0.29, 0.717) is 32.6 Å². The Kier molecular flexibility index (Phi) is 4.77. The number of hydrogen-bond donors (Lipinski definition) is 1. The van der Waals surface area contributed by atoms with E-state index in [0.717, 1.165) is 9.75 Å². The third-order valence-electron chi connectivity index (χ3n) is 3.37. The van der Waals surface area contributed by atoms with Crippen LogP contribution in [0, 0.1) is 6.92 Å². The highest BCUT2D eigenvalue weighted by Crippen LogP contribution is 2.18. The second kappa shape index (κ2) is 6.37. The molecule has 6 heteroatoms. The average molecular weight is 295 g/mol. The van der Waals surface area contributed by atoms with Crippen LogP contribution in [0.15, 0.2) is 12.1 Å². The number of nitrogens with two attached hydrogens (primary N) is 1. The first-order valence-electron chi connectivity index (χ1n) is 6.86. The monoisotopic (exact) mass is 295 g/mol. The molecule has 2 N–H and O–H groups in total. The second-order valence-corrected chi connectivity index (χ2v) is 6.55. The van der Waals surface area contributed by atoms with Crippen LogP contribution in [0.3, 0.4) is 0 Å². The molecule has 1 atom stereocenters. The summed E-state index contributed by atoms with van der Waals surface area (Å²) in [6.07, 6.45) is 0.373. The lowest BCUT2D eigenvalue weighted by Gasteiger charge is -2.34. The first-order valence-corrected chi connectivity index (χ1v) is 7.68. The standard InChI is InChI=1S/C14H21N3O2S/c1-10(15)9-13(18)16-5-7-17(8-6-16)14(19)12-4-3-11(2)20-12/h3-4,10H,5-9,15H2,1-2H3. The van der Waals surface area contributed by atoms with E-state index in [-0.39, 0.29) is 17.9 Å². The van der Waals surface area contributed by atoms with E-state index in [2.05, 4.69) is 0 Å². The molecule has 1 saturated heterocycles. The van der Waals surface area contributed by atoms with E-state index < -0.39 is 0 Å². The summed E-state index contributed by atoms with van der Waals surface area (Å²) < 4.78 is 0. The van der Waals surface area contributed by atoms with Crippen LogP contribution >= 0.6 is 11.3 Å². The molecule has 0 radical (unpaired) electrons. The summed E-state index contributed by atoms with van der Waals surface area (Å²) in [6, 6.07) is 3.72. The Hall–Kier alpha value is -1.40. The van der Waals surface area contributed by atoms with Crippen molar-refractivity contribution in [3.8, 4) is 0 Å². The summed E-state index contributed by atoms with van der Waals surface area (Å²) in [7, 11) is 0. The minimum absolute atomic E-state index is 0.0717. The van der Waals surface area contributed by atoms with Crippen molar-refractivity contribution >= 4 is 23.2 Å². The van der Waals surface area contributed by atoms with Crippen molar-refractivity contribution in [2.75, 3.05) is 26.2 Å². The highest BCUT2D eigenvalue weighted by molar-refractivity contribution is 7.13. The van der Waals surface area contributed by atoms with Gasteiger partial charge in [-0.25, -0.2) is 0 Å². The van der Waals surface area contributed by atoms with Crippen molar-refractivity contribution in [1.29, 1.82) is 0 Å². The molecule has 1 aromatic rings. The van der Waals surface area contributed by atoms with Gasteiger partial charge in [0.25, 0.3) is 5.91 Å². The summed E-state index contributed by atoms with van der Waals surface area (Å²) in [5.41, 5.74) is 5.64. The highest BCUT2D eigenvalue weighted by atomic mass is 32.1. The zero-order chi connectivity index (χ0) is 14.7. The number of nitrogens with zero attached hydrogens (tertiary/aromatic N) is 2. The number of carbonyl (C=O) groups excluding carboxylic acids is 2. The van der Waals surface area contributed by atoms with Gasteiger partial charge >= 0.3 is 0 Å². The maximum atomic E-state index is 12.3. The molecule has 2 heterocycles. The molecule has 1 aliphatic heterocycles. The van der Waals surface area contributed by atoms with Crippen molar-refractivity contribution in [3.63, 3.8) is 0 Å². The summed E-state index contributed by atoms with van der Waals surface area (Å²) in [5.74, 6) is 0.154. The average Bonchev–Trinajstić information content (AvgIpc) is 2.84. The third kappa shape index (κ3) is 3.58. The van der Waals surface area contributed by atoms with Gasteiger partial charge in [-0.2, -0.15) is 0 Å². The lowest BCUT2D eigenvalue weighted by Crippen LogP contribution is -2.51. The van der Waals surface area contributed by atoms with Crippen LogP contribution in [-0.2, 0) is 4.79 Å². The maximum Gasteiger partial charge on any atom is 0.264 e. The predicted molar refractivity (Wildman–Crippen MR) is 79.8 cm³/mol. The number of thiophene rings is 1. The van der Waals surface area contributed by atoms with Gasteiger partial charge in [0.2, 0.25) is 5.91 Å². The molecule has 1 aliphatic rings. The summed E-state index contributed by atoms with van der Waals surface area (Å²) in [5, 5.41) is 0. The van der Waals surface area contributed by atoms with Gasteiger partial charge in [0.1, 0.15) is 0 Å². The number of hydrogen-bond acceptors (Lipinski definition) is 4. The summed E-state index contributed by atoms with van der Waals surface area (Å²) >= 11 is 1.52. The molecule has 0 bridgehead atoms. The van der Waals surface area contributed by atoms with Gasteiger partial charge in [-0.3, -0.25) is 9.59 Å². The molecule has 0 aromatic carbocycles. The molecule has 110 valence electrons. The molecular formula is C14H21N3O2S. The molecule has 0 spiro atoms. The van der Waals surface area contributed by atoms with E-state index >= 15 is 0 Å². The molecule has 2 amide bonds. The van der Waals surface area contributed by atoms with Gasteiger partial charge in [0.05, 0.1) is 4.88 Å². The van der Waals surface area contributed by atoms with Crippen molar-refractivity contribution < 1.29 is 9.59 Å². The van der Waals surface area contributed by atoms with E-state index in [1.54, 1.807) is 4.90 Å². The zero-order valence-corrected chi connectivity index (χ0v) is 12.8. The molecule has 1 unspecified atom stereocenters. The van der Waals surface area contributed by atoms with Crippen LogP contribution in [0.1, 0.15) is 27.9 Å². The minimum atomic E-state index is -0.115. The Morgan fingerprint density at radius 3 is 2.35 bits per heavy atom. The fraction of sp³-hybridized carbons (Fsp3) is 0.571. The smallest absolute Gasteiger partial charge is 0.264 e. The molecule has 1 aromatic heterocycles. The number of amides is 2. The lowest BCUT2D eigenvalue weighted by molar-refractivity contribution is -0.132. The number of rotatable bonds is 3. The zero-order valence-electron chi connectivity index (χ0n) is 12.0. The largest absolute Gasteiger partial charge is 0.339 e. The predicted octanol–water partition coefficient (Wildman–Crippen LogP) is 1.08. The molecule has 0 aliphatic carbocycles. The molecule has 0 saturated carbocycles. The molecule has 2 rings (SSSR count). The molecular weight excluding hydrogens is 274 g/mol. The summed E-state index contributed by atoms with van der Waals surface area (Å²) in [4.78, 5) is 29.7. The summed E-state index contributed by atoms with van der Waals surface area (Å²) in [6.45, 7) is 6.22. The highest BCUT2D eigenvalue weighted by Gasteiger charge is 2.25. The van der Waals surface area contributed by atoms with Gasteiger partial charge in [0, 0.05) is 43.5 Å². The normalized spacial score (nSPS) is 17.1. The molecule has 1 fully saturated rings. The van der Waals surface area contributed by atoms with E-state index in [4.69, 9.17) is 5.73 Å². The lowest BCUT2D eigenvalue weighted by atomic mass is 10.2. The van der Waals surface area contributed by atoms with E-state index in [1.807, 2.05) is 30.9 Å². The van der Waals surface area contributed by atoms with Crippen molar-refractivity contribution in [3.05, 3.63) is 21.9 Å². The number of aryl methyl sites for hydroxylation is 1. The van der Waals surface area contributed by atoms with Crippen LogP contribution < -0.4 is 5.73 Å². The Morgan fingerprint density at radius 1 is 1.25 bits per heavy atom. The van der Waals surface area contributed by atoms with Crippen LogP contribution in [0.4, 0.5) is 0 Å². The molecule has 5 nitrogen and oxygen atoms in total. The van der Waals surface area contributed by atoms with Gasteiger partial charge in [0.15, 0.2) is 0 Å². The second-order valence-electron chi connectivity index (χ2n) is 5.26. The van der Waals surface area contributed by atoms with Gasteiger partial charge in [-0.05, 0) is 26.0 Å². The van der Waals surface area contributed by atoms with Crippen molar-refractivity contribution in [2.24, 2.45) is 5.73 Å². The van der Waals surface area contributed by atoms with Crippen molar-refractivity contribution in [2.45, 2.75) is 26.3 Å². The fourth-order valence-electron chi connectivity index (χ4n) is 2.27. The van der Waals surface area contributed by atoms with Crippen molar-refractivity contribution in [1.82, 2.24) is 9.80 Å². The third-order valence-corrected chi connectivity index (χ3v) is 4.36. The van der Waals surface area contributed by atoms with Crippen LogP contribution in [-0.4, -0.2) is 53.8 Å². The van der Waals surface area contributed by atoms with Crippen LogP contribution in [0.2, 0.25) is 0 Å². The van der Waals surface area contributed by atoms with Gasteiger partial charge in [-0.1, -0.05) is 0 Å². The first-order chi connectivity index (χ1) is 9.47. The van der Waals surface area contributed by atoms with E-state index in [9.17, 15) is 9.59 Å².